The third-order valence-electron chi connectivity index (χ3n) is 3.64. The smallest absolute Gasteiger partial charge is 0.273 e. The summed E-state index contributed by atoms with van der Waals surface area (Å²) in [6.45, 7) is 3.27. The van der Waals surface area contributed by atoms with E-state index in [0.717, 1.165) is 17.0 Å². The molecule has 0 bridgehead atoms. The fraction of sp³-hybridized carbons (Fsp3) is 0.400. The Morgan fingerprint density at radius 2 is 2.23 bits per heavy atom. The number of benzene rings is 1. The summed E-state index contributed by atoms with van der Waals surface area (Å²) in [5.41, 5.74) is 2.10. The molecule has 1 N–H and O–H groups in total. The number of rotatable bonds is 4. The number of hydrogen-bond donors (Lipinski definition) is 1. The maximum Gasteiger partial charge on any atom is 0.273 e. The fourth-order valence-electron chi connectivity index (χ4n) is 2.45. The van der Waals surface area contributed by atoms with Crippen LogP contribution in [0, 0.1) is 0 Å². The van der Waals surface area contributed by atoms with Crippen molar-refractivity contribution in [1.82, 2.24) is 20.3 Å². The van der Waals surface area contributed by atoms with E-state index >= 15 is 0 Å². The van der Waals surface area contributed by atoms with Gasteiger partial charge in [-0.1, -0.05) is 17.3 Å². The predicted octanol–water partition coefficient (Wildman–Crippen LogP) is 1.31. The molecule has 2 aromatic rings. The molecule has 7 nitrogen and oxygen atoms in total. The lowest BCUT2D eigenvalue weighted by molar-refractivity contribution is -0.00178. The molecular formula is C15H18N4O3. The van der Waals surface area contributed by atoms with Gasteiger partial charge in [0.05, 0.1) is 26.0 Å². The van der Waals surface area contributed by atoms with E-state index in [0.29, 0.717) is 25.4 Å². The predicted molar refractivity (Wildman–Crippen MR) is 78.6 cm³/mol. The normalized spacial score (nSPS) is 16.9. The van der Waals surface area contributed by atoms with Gasteiger partial charge in [-0.15, -0.1) is 5.10 Å². The molecule has 0 aliphatic carbocycles. The van der Waals surface area contributed by atoms with Gasteiger partial charge in [-0.3, -0.25) is 4.79 Å². The van der Waals surface area contributed by atoms with Crippen molar-refractivity contribution >= 4 is 5.91 Å². The minimum atomic E-state index is -0.213. The number of ether oxygens (including phenoxy) is 2. The van der Waals surface area contributed by atoms with Crippen molar-refractivity contribution in [2.24, 2.45) is 0 Å². The highest BCUT2D eigenvalue weighted by atomic mass is 16.5. The van der Waals surface area contributed by atoms with E-state index in [-0.39, 0.29) is 12.0 Å². The van der Waals surface area contributed by atoms with Crippen LogP contribution in [0.3, 0.4) is 0 Å². The van der Waals surface area contributed by atoms with Gasteiger partial charge >= 0.3 is 0 Å². The third-order valence-corrected chi connectivity index (χ3v) is 3.64. The number of nitrogens with one attached hydrogen (secondary N) is 1. The summed E-state index contributed by atoms with van der Waals surface area (Å²) in [5.74, 6) is 0.592. The number of hydrogen-bond acceptors (Lipinski definition) is 5. The Balaban J connectivity index is 1.78. The van der Waals surface area contributed by atoms with Crippen LogP contribution >= 0.6 is 0 Å². The maximum atomic E-state index is 11.9. The summed E-state index contributed by atoms with van der Waals surface area (Å²) < 4.78 is 12.8. The molecule has 1 atom stereocenters. The monoisotopic (exact) mass is 302 g/mol. The molecule has 0 spiro atoms. The average Bonchev–Trinajstić information content (AvgIpc) is 2.98. The third kappa shape index (κ3) is 2.67. The number of carbonyl (C=O) groups excluding carboxylic acids is 1. The lowest BCUT2D eigenvalue weighted by atomic mass is 10.1. The zero-order chi connectivity index (χ0) is 15.5. The Bertz CT molecular complexity index is 666. The first-order valence-electron chi connectivity index (χ1n) is 7.19. The van der Waals surface area contributed by atoms with Crippen LogP contribution in [0.5, 0.6) is 5.75 Å². The zero-order valence-electron chi connectivity index (χ0n) is 12.6. The van der Waals surface area contributed by atoms with Gasteiger partial charge in [0.15, 0.2) is 5.69 Å². The topological polar surface area (TPSA) is 78.3 Å². The molecule has 22 heavy (non-hydrogen) atoms. The number of nitrogens with zero attached hydrogens (tertiary/aromatic N) is 3. The van der Waals surface area contributed by atoms with Crippen LogP contribution in [-0.4, -0.2) is 34.6 Å². The molecule has 0 unspecified atom stereocenters. The van der Waals surface area contributed by atoms with E-state index < -0.39 is 0 Å². The largest absolute Gasteiger partial charge is 0.497 e. The van der Waals surface area contributed by atoms with Gasteiger partial charge in [-0.05, 0) is 24.6 Å². The van der Waals surface area contributed by atoms with Crippen LogP contribution < -0.4 is 10.1 Å². The SMILES string of the molecule is CCNC(=O)c1nnn2c1CO[C@H](c1ccc(OC)cc1)C2. The molecule has 7 heteroatoms. The van der Waals surface area contributed by atoms with Crippen molar-refractivity contribution in [2.75, 3.05) is 13.7 Å². The number of aromatic nitrogens is 3. The van der Waals surface area contributed by atoms with Gasteiger partial charge in [-0.2, -0.15) is 0 Å². The molecule has 1 aliphatic rings. The lowest BCUT2D eigenvalue weighted by Gasteiger charge is -2.24. The Morgan fingerprint density at radius 1 is 1.45 bits per heavy atom. The van der Waals surface area contributed by atoms with Crippen molar-refractivity contribution in [3.63, 3.8) is 0 Å². The van der Waals surface area contributed by atoms with Crippen LogP contribution in [0.25, 0.3) is 0 Å². The van der Waals surface area contributed by atoms with Crippen molar-refractivity contribution in [2.45, 2.75) is 26.2 Å². The van der Waals surface area contributed by atoms with Gasteiger partial charge in [0.2, 0.25) is 0 Å². The average molecular weight is 302 g/mol. The van der Waals surface area contributed by atoms with Gasteiger partial charge in [0.25, 0.3) is 5.91 Å². The highest BCUT2D eigenvalue weighted by molar-refractivity contribution is 5.93. The summed E-state index contributed by atoms with van der Waals surface area (Å²) in [4.78, 5) is 11.9. The van der Waals surface area contributed by atoms with E-state index in [2.05, 4.69) is 15.6 Å². The summed E-state index contributed by atoms with van der Waals surface area (Å²) in [6, 6.07) is 7.73. The molecule has 1 aromatic carbocycles. The van der Waals surface area contributed by atoms with Gasteiger partial charge in [-0.25, -0.2) is 4.68 Å². The zero-order valence-corrected chi connectivity index (χ0v) is 12.6. The molecule has 0 radical (unpaired) electrons. The molecule has 1 aromatic heterocycles. The second-order valence-corrected chi connectivity index (χ2v) is 5.00. The number of amides is 1. The van der Waals surface area contributed by atoms with E-state index in [1.807, 2.05) is 31.2 Å². The second kappa shape index (κ2) is 6.15. The molecule has 0 fully saturated rings. The molecular weight excluding hydrogens is 284 g/mol. The second-order valence-electron chi connectivity index (χ2n) is 5.00. The number of carbonyl (C=O) groups is 1. The highest BCUT2D eigenvalue weighted by Crippen LogP contribution is 2.28. The van der Waals surface area contributed by atoms with Gasteiger partial charge in [0.1, 0.15) is 11.9 Å². The molecule has 1 aliphatic heterocycles. The number of fused-ring (bicyclic) bond motifs is 1. The molecule has 3 rings (SSSR count). The van der Waals surface area contributed by atoms with Crippen molar-refractivity contribution in [1.29, 1.82) is 0 Å². The lowest BCUT2D eigenvalue weighted by Crippen LogP contribution is -2.27. The van der Waals surface area contributed by atoms with Crippen LogP contribution in [0.4, 0.5) is 0 Å². The minimum absolute atomic E-state index is 0.109. The summed E-state index contributed by atoms with van der Waals surface area (Å²) >= 11 is 0. The first-order chi connectivity index (χ1) is 10.7. The van der Waals surface area contributed by atoms with Crippen molar-refractivity contribution in [3.8, 4) is 5.75 Å². The van der Waals surface area contributed by atoms with E-state index in [4.69, 9.17) is 9.47 Å². The summed E-state index contributed by atoms with van der Waals surface area (Å²) in [6.07, 6.45) is -0.109. The number of methoxy groups -OCH3 is 1. The molecule has 0 saturated carbocycles. The van der Waals surface area contributed by atoms with E-state index in [1.165, 1.54) is 0 Å². The Labute approximate surface area is 128 Å². The van der Waals surface area contributed by atoms with Gasteiger partial charge in [0, 0.05) is 6.54 Å². The van der Waals surface area contributed by atoms with Crippen molar-refractivity contribution in [3.05, 3.63) is 41.2 Å². The summed E-state index contributed by atoms with van der Waals surface area (Å²) in [7, 11) is 1.64. The Morgan fingerprint density at radius 3 is 2.91 bits per heavy atom. The molecule has 2 heterocycles. The fourth-order valence-corrected chi connectivity index (χ4v) is 2.45. The first kappa shape index (κ1) is 14.5. The summed E-state index contributed by atoms with van der Waals surface area (Å²) in [5, 5.41) is 10.8. The first-order valence-corrected chi connectivity index (χ1v) is 7.19. The van der Waals surface area contributed by atoms with Crippen LogP contribution in [0.1, 0.15) is 34.8 Å². The van der Waals surface area contributed by atoms with E-state index in [1.54, 1.807) is 11.8 Å². The quantitative estimate of drug-likeness (QED) is 0.921. The molecule has 0 saturated heterocycles. The molecule has 1 amide bonds. The van der Waals surface area contributed by atoms with Crippen LogP contribution in [-0.2, 0) is 17.9 Å². The maximum absolute atomic E-state index is 11.9. The van der Waals surface area contributed by atoms with Crippen molar-refractivity contribution < 1.29 is 14.3 Å². The Hall–Kier alpha value is -2.41. The van der Waals surface area contributed by atoms with Crippen LogP contribution in [0.15, 0.2) is 24.3 Å². The highest BCUT2D eigenvalue weighted by Gasteiger charge is 2.27. The van der Waals surface area contributed by atoms with E-state index in [9.17, 15) is 4.79 Å². The van der Waals surface area contributed by atoms with Gasteiger partial charge < -0.3 is 14.8 Å². The van der Waals surface area contributed by atoms with Crippen LogP contribution in [0.2, 0.25) is 0 Å². The standard InChI is InChI=1S/C15H18N4O3/c1-3-16-15(20)14-12-9-22-13(8-19(12)18-17-14)10-4-6-11(21-2)7-5-10/h4-7,13H,3,8-9H2,1-2H3,(H,16,20)/t13-/m0/s1. The molecule has 116 valence electrons. The minimum Gasteiger partial charge on any atom is -0.497 e. The Kier molecular flexibility index (Phi) is 4.06.